The van der Waals surface area contributed by atoms with Gasteiger partial charge in [-0.25, -0.2) is 0 Å². The zero-order chi connectivity index (χ0) is 17.8. The number of amides is 2. The molecule has 0 atom stereocenters. The molecule has 22 heavy (non-hydrogen) atoms. The van der Waals surface area contributed by atoms with E-state index in [0.29, 0.717) is 0 Å². The van der Waals surface area contributed by atoms with Crippen molar-refractivity contribution in [1.29, 1.82) is 0 Å². The smallest absolute Gasteiger partial charge is 0.220 e. The molecule has 1 rings (SSSR count). The zero-order valence-electron chi connectivity index (χ0n) is 13.4. The molecule has 0 bridgehead atoms. The van der Waals surface area contributed by atoms with Crippen LogP contribution in [0.25, 0.3) is 0 Å². The summed E-state index contributed by atoms with van der Waals surface area (Å²) < 4.78 is 31.4. The Labute approximate surface area is 149 Å². The molecule has 0 aromatic heterocycles. The van der Waals surface area contributed by atoms with Gasteiger partial charge in [-0.05, 0) is 26.3 Å². The molecule has 0 unspecified atom stereocenters. The maximum absolute atomic E-state index is 10.8. The van der Waals surface area contributed by atoms with Crippen molar-refractivity contribution in [3.63, 3.8) is 0 Å². The van der Waals surface area contributed by atoms with Crippen molar-refractivity contribution in [1.82, 2.24) is 10.6 Å². The van der Waals surface area contributed by atoms with Crippen molar-refractivity contribution in [2.45, 2.75) is 32.2 Å². The van der Waals surface area contributed by atoms with Crippen LogP contribution in [-0.2, 0) is 19.7 Å². The van der Waals surface area contributed by atoms with Crippen molar-refractivity contribution in [3.8, 4) is 0 Å². The van der Waals surface area contributed by atoms with Crippen LogP contribution in [0.3, 0.4) is 0 Å². The normalized spacial score (nSPS) is 13.6. The zero-order valence-corrected chi connectivity index (χ0v) is 16.2. The second kappa shape index (κ2) is 11.8. The predicted molar refractivity (Wildman–Crippen MR) is 87.0 cm³/mol. The SMILES string of the molecule is C=CC(=O)NC(C)(C)CS(=O)(=O)O.C=[CH][Na].O=C1CCCN1. The first-order chi connectivity index (χ1) is 9.97. The summed E-state index contributed by atoms with van der Waals surface area (Å²) in [5, 5.41) is 5.05. The number of hydrogen-bond acceptors (Lipinski definition) is 4. The van der Waals surface area contributed by atoms with Gasteiger partial charge >= 0.3 is 37.8 Å². The van der Waals surface area contributed by atoms with Crippen LogP contribution in [0, 0.1) is 0 Å². The largest absolute Gasteiger partial charge is 0.356 e. The van der Waals surface area contributed by atoms with Crippen molar-refractivity contribution < 1.29 is 22.6 Å². The maximum Gasteiger partial charge on any atom is 0.220 e. The van der Waals surface area contributed by atoms with Crippen molar-refractivity contribution in [2.75, 3.05) is 12.3 Å². The Morgan fingerprint density at radius 2 is 2.00 bits per heavy atom. The molecule has 0 spiro atoms. The molecule has 1 aliphatic rings. The first-order valence-corrected chi connectivity index (χ1v) is 9.47. The molecule has 122 valence electrons. The van der Waals surface area contributed by atoms with Gasteiger partial charge in [0, 0.05) is 13.0 Å². The van der Waals surface area contributed by atoms with Gasteiger partial charge in [-0.3, -0.25) is 14.1 Å². The molecular weight excluding hydrogens is 319 g/mol. The van der Waals surface area contributed by atoms with E-state index in [4.69, 9.17) is 4.55 Å². The van der Waals surface area contributed by atoms with E-state index in [0.717, 1.165) is 53.4 Å². The van der Waals surface area contributed by atoms with E-state index in [2.05, 4.69) is 23.8 Å². The molecule has 1 saturated heterocycles. The molecule has 1 fully saturated rings. The third-order valence-corrected chi connectivity index (χ3v) is 3.18. The van der Waals surface area contributed by atoms with Crippen LogP contribution in [0.15, 0.2) is 22.6 Å². The summed E-state index contributed by atoms with van der Waals surface area (Å²) in [6.07, 6.45) is 2.80. The van der Waals surface area contributed by atoms with E-state index < -0.39 is 27.3 Å². The number of hydrogen-bond donors (Lipinski definition) is 3. The molecular formula is C13H23N2NaO5S. The summed E-state index contributed by atoms with van der Waals surface area (Å²) in [6, 6.07) is 0. The molecule has 7 nitrogen and oxygen atoms in total. The Morgan fingerprint density at radius 3 is 2.23 bits per heavy atom. The van der Waals surface area contributed by atoms with Gasteiger partial charge in [0.1, 0.15) is 0 Å². The summed E-state index contributed by atoms with van der Waals surface area (Å²) in [5.41, 5.74) is -1.00. The van der Waals surface area contributed by atoms with Crippen molar-refractivity contribution in [3.05, 3.63) is 22.6 Å². The fraction of sp³-hybridized carbons (Fsp3) is 0.538. The van der Waals surface area contributed by atoms with E-state index in [-0.39, 0.29) is 5.91 Å². The third kappa shape index (κ3) is 17.4. The first kappa shape index (κ1) is 23.6. The standard InChI is InChI=1S/C7H13NO4S.C4H7NO.C2H3.Na/c1-4-6(9)8-7(2,3)5-13(10,11)12;6-4-2-1-3-5-4;1-2;/h4H,1,5H2,2-3H3,(H,8,9)(H,10,11,12);1-3H2,(H,5,6);1H,2H2;. The van der Waals surface area contributed by atoms with E-state index in [1.165, 1.54) is 13.8 Å². The third-order valence-electron chi connectivity index (χ3n) is 2.09. The van der Waals surface area contributed by atoms with Crippen molar-refractivity contribution in [2.24, 2.45) is 0 Å². The fourth-order valence-electron chi connectivity index (χ4n) is 1.44. The molecule has 0 aliphatic carbocycles. The molecule has 0 aromatic carbocycles. The Kier molecular flexibility index (Phi) is 12.7. The number of carbonyl (C=O) groups is 2. The molecule has 1 aliphatic heterocycles. The summed E-state index contributed by atoms with van der Waals surface area (Å²) in [5.74, 6) is -0.803. The molecule has 9 heteroatoms. The van der Waals surface area contributed by atoms with Crippen LogP contribution < -0.4 is 10.6 Å². The monoisotopic (exact) mass is 342 g/mol. The van der Waals surface area contributed by atoms with Gasteiger partial charge in [-0.15, -0.1) is 0 Å². The van der Waals surface area contributed by atoms with E-state index >= 15 is 0 Å². The van der Waals surface area contributed by atoms with Crippen LogP contribution in [-0.4, -0.2) is 70.6 Å². The van der Waals surface area contributed by atoms with Gasteiger partial charge in [0.05, 0.1) is 11.3 Å². The number of rotatable bonds is 4. The van der Waals surface area contributed by atoms with E-state index in [9.17, 15) is 18.0 Å². The molecule has 0 radical (unpaired) electrons. The summed E-state index contributed by atoms with van der Waals surface area (Å²) in [6.45, 7) is 10.5. The van der Waals surface area contributed by atoms with Gasteiger partial charge < -0.3 is 10.6 Å². The molecule has 3 N–H and O–H groups in total. The second-order valence-corrected chi connectivity index (χ2v) is 7.43. The molecule has 2 amide bonds. The predicted octanol–water partition coefficient (Wildman–Crippen LogP) is 0.150. The summed E-state index contributed by atoms with van der Waals surface area (Å²) in [7, 11) is -4.08. The van der Waals surface area contributed by atoms with Gasteiger partial charge in [0.15, 0.2) is 0 Å². The quantitative estimate of drug-likeness (QED) is 0.382. The van der Waals surface area contributed by atoms with E-state index in [1.54, 1.807) is 0 Å². The van der Waals surface area contributed by atoms with Crippen LogP contribution in [0.5, 0.6) is 0 Å². The molecule has 1 heterocycles. The molecule has 0 aromatic rings. The van der Waals surface area contributed by atoms with Crippen LogP contribution in [0.4, 0.5) is 0 Å². The maximum atomic E-state index is 10.8. The van der Waals surface area contributed by atoms with Gasteiger partial charge in [0.25, 0.3) is 10.1 Å². The minimum Gasteiger partial charge on any atom is -0.356 e. The second-order valence-electron chi connectivity index (χ2n) is 5.17. The van der Waals surface area contributed by atoms with Gasteiger partial charge in [-0.2, -0.15) is 8.42 Å². The minimum absolute atomic E-state index is 0.204. The average molecular weight is 342 g/mol. The Morgan fingerprint density at radius 1 is 1.50 bits per heavy atom. The molecule has 0 saturated carbocycles. The van der Waals surface area contributed by atoms with E-state index in [1.807, 2.05) is 3.33 Å². The van der Waals surface area contributed by atoms with Crippen LogP contribution in [0.2, 0.25) is 0 Å². The van der Waals surface area contributed by atoms with Gasteiger partial charge in [0.2, 0.25) is 11.8 Å². The minimum atomic E-state index is -4.08. The Hall–Kier alpha value is -0.670. The Balaban J connectivity index is 0. The summed E-state index contributed by atoms with van der Waals surface area (Å²) >= 11 is 1.13. The first-order valence-electron chi connectivity index (χ1n) is 6.71. The number of carbonyl (C=O) groups excluding carboxylic acids is 2. The van der Waals surface area contributed by atoms with Crippen molar-refractivity contribution >= 4 is 49.9 Å². The Bertz CT molecular complexity index is 481. The van der Waals surface area contributed by atoms with Gasteiger partial charge in [-0.1, -0.05) is 6.58 Å². The van der Waals surface area contributed by atoms with Crippen LogP contribution >= 0.6 is 0 Å². The number of nitrogens with one attached hydrogen (secondary N) is 2. The van der Waals surface area contributed by atoms with Crippen LogP contribution in [0.1, 0.15) is 26.7 Å². The fourth-order valence-corrected chi connectivity index (χ4v) is 2.43. The summed E-state index contributed by atoms with van der Waals surface area (Å²) in [4.78, 5) is 20.9. The average Bonchev–Trinajstić information content (AvgIpc) is 2.78. The topological polar surface area (TPSA) is 113 Å².